The molecule has 0 atom stereocenters. The number of hydrogen-bond donors (Lipinski definition) is 2. The second kappa shape index (κ2) is 7.03. The number of hydrogen-bond acceptors (Lipinski definition) is 5. The lowest BCUT2D eigenvalue weighted by molar-refractivity contribution is 0.0600. The zero-order valence-corrected chi connectivity index (χ0v) is 14.7. The van der Waals surface area contributed by atoms with Crippen molar-refractivity contribution in [3.05, 3.63) is 65.5 Å². The van der Waals surface area contributed by atoms with Gasteiger partial charge in [-0.2, -0.15) is 5.10 Å². The predicted octanol–water partition coefficient (Wildman–Crippen LogP) is 3.39. The first-order valence-corrected chi connectivity index (χ1v) is 8.66. The first-order valence-electron chi connectivity index (χ1n) is 8.66. The summed E-state index contributed by atoms with van der Waals surface area (Å²) in [5.74, 6) is 1.23. The van der Waals surface area contributed by atoms with Crippen molar-refractivity contribution >= 4 is 17.6 Å². The summed E-state index contributed by atoms with van der Waals surface area (Å²) in [5, 5.41) is 10.1. The molecule has 1 aromatic heterocycles. The fourth-order valence-electron chi connectivity index (χ4n) is 2.79. The Kier molecular flexibility index (Phi) is 4.42. The van der Waals surface area contributed by atoms with E-state index >= 15 is 0 Å². The maximum absolute atomic E-state index is 12.5. The molecule has 0 unspecified atom stereocenters. The van der Waals surface area contributed by atoms with Crippen molar-refractivity contribution in [2.45, 2.75) is 18.8 Å². The number of aromatic amines is 1. The summed E-state index contributed by atoms with van der Waals surface area (Å²) in [6, 6.07) is 13.7. The SMILES string of the molecule is COC(=O)c1cccc(C(=O)Nc2cccc(-c3n[nH]c(C4CC4)n3)c2)c1. The number of anilines is 1. The zero-order chi connectivity index (χ0) is 18.8. The minimum Gasteiger partial charge on any atom is -0.465 e. The Labute approximate surface area is 155 Å². The smallest absolute Gasteiger partial charge is 0.337 e. The molecule has 1 aliphatic rings. The van der Waals surface area contributed by atoms with E-state index in [0.717, 1.165) is 24.2 Å². The number of H-pyrrole nitrogens is 1. The summed E-state index contributed by atoms with van der Waals surface area (Å²) < 4.78 is 4.69. The van der Waals surface area contributed by atoms with Gasteiger partial charge in [-0.15, -0.1) is 0 Å². The van der Waals surface area contributed by atoms with Gasteiger partial charge in [0.1, 0.15) is 5.82 Å². The number of nitrogens with zero attached hydrogens (tertiary/aromatic N) is 2. The van der Waals surface area contributed by atoms with Gasteiger partial charge in [0.2, 0.25) is 0 Å². The fraction of sp³-hybridized carbons (Fsp3) is 0.200. The molecular weight excluding hydrogens is 344 g/mol. The number of carbonyl (C=O) groups is 2. The van der Waals surface area contributed by atoms with Gasteiger partial charge in [-0.05, 0) is 43.2 Å². The molecule has 1 amide bonds. The van der Waals surface area contributed by atoms with E-state index in [1.807, 2.05) is 18.2 Å². The summed E-state index contributed by atoms with van der Waals surface area (Å²) in [4.78, 5) is 28.7. The number of amides is 1. The van der Waals surface area contributed by atoms with Crippen LogP contribution >= 0.6 is 0 Å². The van der Waals surface area contributed by atoms with Crippen LogP contribution in [0.4, 0.5) is 5.69 Å². The predicted molar refractivity (Wildman–Crippen MR) is 99.5 cm³/mol. The lowest BCUT2D eigenvalue weighted by atomic mass is 10.1. The molecule has 136 valence electrons. The Bertz CT molecular complexity index is 1010. The van der Waals surface area contributed by atoms with Crippen molar-refractivity contribution in [3.8, 4) is 11.4 Å². The van der Waals surface area contributed by atoms with Crippen LogP contribution in [0.15, 0.2) is 48.5 Å². The van der Waals surface area contributed by atoms with Crippen LogP contribution in [-0.4, -0.2) is 34.2 Å². The molecular formula is C20H18N4O3. The molecule has 4 rings (SSSR count). The van der Waals surface area contributed by atoms with Gasteiger partial charge in [0, 0.05) is 22.7 Å². The van der Waals surface area contributed by atoms with E-state index in [9.17, 15) is 9.59 Å². The highest BCUT2D eigenvalue weighted by Crippen LogP contribution is 2.38. The van der Waals surface area contributed by atoms with Gasteiger partial charge in [-0.3, -0.25) is 9.89 Å². The second-order valence-corrected chi connectivity index (χ2v) is 6.43. The quantitative estimate of drug-likeness (QED) is 0.678. The van der Waals surface area contributed by atoms with E-state index in [0.29, 0.717) is 28.6 Å². The van der Waals surface area contributed by atoms with Gasteiger partial charge < -0.3 is 10.1 Å². The van der Waals surface area contributed by atoms with E-state index in [1.54, 1.807) is 24.3 Å². The van der Waals surface area contributed by atoms with Crippen LogP contribution in [0, 0.1) is 0 Å². The molecule has 7 nitrogen and oxygen atoms in total. The van der Waals surface area contributed by atoms with Crippen molar-refractivity contribution < 1.29 is 14.3 Å². The Morgan fingerprint density at radius 2 is 1.89 bits per heavy atom. The Morgan fingerprint density at radius 3 is 2.67 bits per heavy atom. The number of ether oxygens (including phenoxy) is 1. The highest BCUT2D eigenvalue weighted by molar-refractivity contribution is 6.05. The van der Waals surface area contributed by atoms with Crippen LogP contribution in [0.1, 0.15) is 45.3 Å². The Balaban J connectivity index is 1.52. The third kappa shape index (κ3) is 3.72. The van der Waals surface area contributed by atoms with Crippen molar-refractivity contribution in [1.29, 1.82) is 0 Å². The van der Waals surface area contributed by atoms with E-state index in [1.165, 1.54) is 13.2 Å². The van der Waals surface area contributed by atoms with Crippen molar-refractivity contribution in [2.75, 3.05) is 12.4 Å². The standard InChI is InChI=1S/C20H18N4O3/c1-27-20(26)15-6-2-5-14(10-15)19(25)21-16-7-3-4-13(11-16)18-22-17(23-24-18)12-8-9-12/h2-7,10-12H,8-9H2,1H3,(H,21,25)(H,22,23,24). The summed E-state index contributed by atoms with van der Waals surface area (Å²) in [6.07, 6.45) is 2.30. The van der Waals surface area contributed by atoms with Crippen molar-refractivity contribution in [3.63, 3.8) is 0 Å². The van der Waals surface area contributed by atoms with Gasteiger partial charge in [-0.1, -0.05) is 18.2 Å². The minimum atomic E-state index is -0.484. The molecule has 1 aliphatic carbocycles. The molecule has 27 heavy (non-hydrogen) atoms. The van der Waals surface area contributed by atoms with Gasteiger partial charge in [0.05, 0.1) is 12.7 Å². The van der Waals surface area contributed by atoms with Gasteiger partial charge >= 0.3 is 5.97 Å². The maximum Gasteiger partial charge on any atom is 0.337 e. The van der Waals surface area contributed by atoms with Crippen LogP contribution in [0.5, 0.6) is 0 Å². The topological polar surface area (TPSA) is 97.0 Å². The maximum atomic E-state index is 12.5. The van der Waals surface area contributed by atoms with E-state index in [4.69, 9.17) is 0 Å². The number of aromatic nitrogens is 3. The Hall–Kier alpha value is -3.48. The van der Waals surface area contributed by atoms with E-state index in [2.05, 4.69) is 25.2 Å². The number of benzene rings is 2. The lowest BCUT2D eigenvalue weighted by Crippen LogP contribution is -2.13. The molecule has 1 saturated carbocycles. The summed E-state index contributed by atoms with van der Waals surface area (Å²) in [7, 11) is 1.30. The summed E-state index contributed by atoms with van der Waals surface area (Å²) in [5.41, 5.74) is 2.14. The van der Waals surface area contributed by atoms with Crippen molar-refractivity contribution in [1.82, 2.24) is 15.2 Å². The molecule has 2 aromatic carbocycles. The molecule has 1 fully saturated rings. The third-order valence-electron chi connectivity index (χ3n) is 4.39. The first-order chi connectivity index (χ1) is 13.1. The summed E-state index contributed by atoms with van der Waals surface area (Å²) in [6.45, 7) is 0. The molecule has 0 bridgehead atoms. The second-order valence-electron chi connectivity index (χ2n) is 6.43. The highest BCUT2D eigenvalue weighted by atomic mass is 16.5. The molecule has 2 N–H and O–H groups in total. The minimum absolute atomic E-state index is 0.313. The molecule has 7 heteroatoms. The van der Waals surface area contributed by atoms with Crippen LogP contribution in [0.3, 0.4) is 0 Å². The van der Waals surface area contributed by atoms with Gasteiger partial charge in [0.15, 0.2) is 5.82 Å². The average molecular weight is 362 g/mol. The normalized spacial score (nSPS) is 13.2. The summed E-state index contributed by atoms with van der Waals surface area (Å²) >= 11 is 0. The zero-order valence-electron chi connectivity index (χ0n) is 14.7. The van der Waals surface area contributed by atoms with Gasteiger partial charge in [-0.25, -0.2) is 9.78 Å². The average Bonchev–Trinajstić information content (AvgIpc) is 3.44. The van der Waals surface area contributed by atoms with E-state index in [-0.39, 0.29) is 5.91 Å². The van der Waals surface area contributed by atoms with E-state index < -0.39 is 5.97 Å². The highest BCUT2D eigenvalue weighted by Gasteiger charge is 2.27. The number of esters is 1. The van der Waals surface area contributed by atoms with Crippen molar-refractivity contribution in [2.24, 2.45) is 0 Å². The third-order valence-corrected chi connectivity index (χ3v) is 4.39. The molecule has 0 spiro atoms. The Morgan fingerprint density at radius 1 is 1.11 bits per heavy atom. The molecule has 0 saturated heterocycles. The number of carbonyl (C=O) groups excluding carboxylic acids is 2. The largest absolute Gasteiger partial charge is 0.465 e. The first kappa shape index (κ1) is 17.0. The van der Waals surface area contributed by atoms with Gasteiger partial charge in [0.25, 0.3) is 5.91 Å². The van der Waals surface area contributed by atoms with Crippen LogP contribution in [0.25, 0.3) is 11.4 Å². The number of nitrogens with one attached hydrogen (secondary N) is 2. The van der Waals surface area contributed by atoms with Crippen LogP contribution < -0.4 is 5.32 Å². The van der Waals surface area contributed by atoms with Crippen LogP contribution in [-0.2, 0) is 4.74 Å². The molecule has 3 aromatic rings. The fourth-order valence-corrected chi connectivity index (χ4v) is 2.79. The van der Waals surface area contributed by atoms with Crippen LogP contribution in [0.2, 0.25) is 0 Å². The molecule has 1 heterocycles. The number of rotatable bonds is 5. The molecule has 0 aliphatic heterocycles. The lowest BCUT2D eigenvalue weighted by Gasteiger charge is -2.07. The number of methoxy groups -OCH3 is 1. The molecule has 0 radical (unpaired) electrons. The monoisotopic (exact) mass is 362 g/mol.